The van der Waals surface area contributed by atoms with Crippen LogP contribution in [-0.4, -0.2) is 56.4 Å². The van der Waals surface area contributed by atoms with E-state index >= 15 is 0 Å². The second-order valence-electron chi connectivity index (χ2n) is 4.58. The Balaban J connectivity index is 1.99. The normalized spacial score (nSPS) is 16.6. The zero-order valence-electron chi connectivity index (χ0n) is 11.7. The number of hydrogen-bond acceptors (Lipinski definition) is 3. The monoisotopic (exact) mass is 257 g/mol. The van der Waals surface area contributed by atoms with E-state index < -0.39 is 0 Å². The highest BCUT2D eigenvalue weighted by Gasteiger charge is 2.12. The standard InChI is InChI=1S/C13H27N3O2/c1-3-16(4-2)13(17)15-8-5-11-18-12-6-9-14-10-7-12/h12,14H,3-11H2,1-2H3,(H,15,17). The van der Waals surface area contributed by atoms with Crippen molar-refractivity contribution in [3.8, 4) is 0 Å². The third kappa shape index (κ3) is 5.69. The predicted octanol–water partition coefficient (Wildman–Crippen LogP) is 1.20. The average Bonchev–Trinajstić information content (AvgIpc) is 2.41. The molecule has 5 nitrogen and oxygen atoms in total. The summed E-state index contributed by atoms with van der Waals surface area (Å²) in [5.74, 6) is 0. The van der Waals surface area contributed by atoms with Gasteiger partial charge in [-0.3, -0.25) is 0 Å². The van der Waals surface area contributed by atoms with Gasteiger partial charge in [-0.05, 0) is 46.2 Å². The molecule has 18 heavy (non-hydrogen) atoms. The minimum atomic E-state index is 0.0295. The average molecular weight is 257 g/mol. The van der Waals surface area contributed by atoms with Gasteiger partial charge >= 0.3 is 6.03 Å². The molecule has 1 heterocycles. The highest BCUT2D eigenvalue weighted by molar-refractivity contribution is 5.73. The number of piperidine rings is 1. The van der Waals surface area contributed by atoms with Crippen LogP contribution in [0.25, 0.3) is 0 Å². The van der Waals surface area contributed by atoms with Gasteiger partial charge in [0.2, 0.25) is 0 Å². The van der Waals surface area contributed by atoms with Gasteiger partial charge in [-0.25, -0.2) is 4.79 Å². The van der Waals surface area contributed by atoms with E-state index in [1.54, 1.807) is 4.90 Å². The summed E-state index contributed by atoms with van der Waals surface area (Å²) in [4.78, 5) is 13.4. The van der Waals surface area contributed by atoms with Crippen molar-refractivity contribution in [2.75, 3.05) is 39.3 Å². The van der Waals surface area contributed by atoms with E-state index in [1.807, 2.05) is 13.8 Å². The Morgan fingerprint density at radius 2 is 2.00 bits per heavy atom. The number of hydrogen-bond donors (Lipinski definition) is 2. The van der Waals surface area contributed by atoms with Crippen LogP contribution in [0.4, 0.5) is 4.79 Å². The highest BCUT2D eigenvalue weighted by Crippen LogP contribution is 2.07. The summed E-state index contributed by atoms with van der Waals surface area (Å²) in [5.41, 5.74) is 0. The SMILES string of the molecule is CCN(CC)C(=O)NCCCOC1CCNCC1. The third-order valence-electron chi connectivity index (χ3n) is 3.29. The van der Waals surface area contributed by atoms with E-state index in [0.29, 0.717) is 12.6 Å². The van der Waals surface area contributed by atoms with Crippen molar-refractivity contribution >= 4 is 6.03 Å². The molecule has 0 aromatic carbocycles. The molecule has 1 aliphatic rings. The lowest BCUT2D eigenvalue weighted by Crippen LogP contribution is -2.40. The minimum Gasteiger partial charge on any atom is -0.378 e. The molecule has 0 radical (unpaired) electrons. The largest absolute Gasteiger partial charge is 0.378 e. The molecule has 0 atom stereocenters. The molecule has 0 aromatic rings. The second-order valence-corrected chi connectivity index (χ2v) is 4.58. The Morgan fingerprint density at radius 3 is 2.61 bits per heavy atom. The van der Waals surface area contributed by atoms with E-state index in [4.69, 9.17) is 4.74 Å². The molecule has 106 valence electrons. The first kappa shape index (κ1) is 15.2. The molecule has 1 fully saturated rings. The maximum absolute atomic E-state index is 11.6. The zero-order chi connectivity index (χ0) is 13.2. The Bertz CT molecular complexity index is 226. The van der Waals surface area contributed by atoms with Gasteiger partial charge in [-0.15, -0.1) is 0 Å². The van der Waals surface area contributed by atoms with Gasteiger partial charge < -0.3 is 20.3 Å². The summed E-state index contributed by atoms with van der Waals surface area (Å²) < 4.78 is 5.77. The molecular weight excluding hydrogens is 230 g/mol. The fraction of sp³-hybridized carbons (Fsp3) is 0.923. The summed E-state index contributed by atoms with van der Waals surface area (Å²) in [6.45, 7) is 9.05. The van der Waals surface area contributed by atoms with Crippen molar-refractivity contribution in [1.82, 2.24) is 15.5 Å². The topological polar surface area (TPSA) is 53.6 Å². The van der Waals surface area contributed by atoms with Gasteiger partial charge in [0.25, 0.3) is 0 Å². The number of carbonyl (C=O) groups excluding carboxylic acids is 1. The molecule has 1 rings (SSSR count). The Morgan fingerprint density at radius 1 is 1.33 bits per heavy atom. The first-order valence-corrected chi connectivity index (χ1v) is 7.13. The Hall–Kier alpha value is -0.810. The molecule has 1 aliphatic heterocycles. The lowest BCUT2D eigenvalue weighted by Gasteiger charge is -2.23. The fourth-order valence-corrected chi connectivity index (χ4v) is 2.10. The summed E-state index contributed by atoms with van der Waals surface area (Å²) in [6.07, 6.45) is 3.50. The number of ether oxygens (including phenoxy) is 1. The lowest BCUT2D eigenvalue weighted by atomic mass is 10.1. The summed E-state index contributed by atoms with van der Waals surface area (Å²) >= 11 is 0. The van der Waals surface area contributed by atoms with Crippen molar-refractivity contribution in [2.24, 2.45) is 0 Å². The van der Waals surface area contributed by atoms with Crippen LogP contribution in [0.5, 0.6) is 0 Å². The molecule has 0 bridgehead atoms. The van der Waals surface area contributed by atoms with Gasteiger partial charge in [0.1, 0.15) is 0 Å². The van der Waals surface area contributed by atoms with Crippen LogP contribution < -0.4 is 10.6 Å². The van der Waals surface area contributed by atoms with Crippen LogP contribution in [0.2, 0.25) is 0 Å². The maximum atomic E-state index is 11.6. The Kier molecular flexibility index (Phi) is 7.76. The number of nitrogens with zero attached hydrogens (tertiary/aromatic N) is 1. The van der Waals surface area contributed by atoms with Gasteiger partial charge in [0, 0.05) is 26.2 Å². The van der Waals surface area contributed by atoms with Crippen molar-refractivity contribution in [2.45, 2.75) is 39.2 Å². The van der Waals surface area contributed by atoms with Crippen LogP contribution in [0.1, 0.15) is 33.1 Å². The van der Waals surface area contributed by atoms with Gasteiger partial charge in [-0.1, -0.05) is 0 Å². The molecule has 0 unspecified atom stereocenters. The van der Waals surface area contributed by atoms with Crippen LogP contribution in [0, 0.1) is 0 Å². The molecule has 2 N–H and O–H groups in total. The quantitative estimate of drug-likeness (QED) is 0.674. The first-order chi connectivity index (χ1) is 8.77. The second kappa shape index (κ2) is 9.16. The predicted molar refractivity (Wildman–Crippen MR) is 72.8 cm³/mol. The van der Waals surface area contributed by atoms with Crippen LogP contribution in [-0.2, 0) is 4.74 Å². The molecule has 0 spiro atoms. The number of carbonyl (C=O) groups is 1. The Labute approximate surface area is 110 Å². The maximum Gasteiger partial charge on any atom is 0.317 e. The number of rotatable bonds is 7. The lowest BCUT2D eigenvalue weighted by molar-refractivity contribution is 0.0319. The summed E-state index contributed by atoms with van der Waals surface area (Å²) in [6, 6.07) is 0.0295. The van der Waals surface area contributed by atoms with Gasteiger partial charge in [0.05, 0.1) is 6.10 Å². The summed E-state index contributed by atoms with van der Waals surface area (Å²) in [7, 11) is 0. The van der Waals surface area contributed by atoms with Crippen molar-refractivity contribution in [3.63, 3.8) is 0 Å². The molecule has 1 saturated heterocycles. The van der Waals surface area contributed by atoms with E-state index in [0.717, 1.165) is 52.0 Å². The van der Waals surface area contributed by atoms with E-state index in [2.05, 4.69) is 10.6 Å². The highest BCUT2D eigenvalue weighted by atomic mass is 16.5. The first-order valence-electron chi connectivity index (χ1n) is 7.13. The number of urea groups is 1. The number of amides is 2. The molecule has 2 amide bonds. The molecule has 0 aromatic heterocycles. The van der Waals surface area contributed by atoms with Crippen LogP contribution >= 0.6 is 0 Å². The van der Waals surface area contributed by atoms with E-state index in [-0.39, 0.29) is 6.03 Å². The van der Waals surface area contributed by atoms with Crippen molar-refractivity contribution < 1.29 is 9.53 Å². The summed E-state index contributed by atoms with van der Waals surface area (Å²) in [5, 5.41) is 6.23. The fourth-order valence-electron chi connectivity index (χ4n) is 2.10. The number of nitrogens with one attached hydrogen (secondary N) is 2. The molecule has 5 heteroatoms. The third-order valence-corrected chi connectivity index (χ3v) is 3.29. The van der Waals surface area contributed by atoms with Crippen LogP contribution in [0.3, 0.4) is 0 Å². The van der Waals surface area contributed by atoms with E-state index in [1.165, 1.54) is 0 Å². The molecule has 0 aliphatic carbocycles. The van der Waals surface area contributed by atoms with Crippen LogP contribution in [0.15, 0.2) is 0 Å². The molecular formula is C13H27N3O2. The zero-order valence-corrected chi connectivity index (χ0v) is 11.7. The van der Waals surface area contributed by atoms with Crippen molar-refractivity contribution in [3.05, 3.63) is 0 Å². The van der Waals surface area contributed by atoms with Gasteiger partial charge in [-0.2, -0.15) is 0 Å². The minimum absolute atomic E-state index is 0.0295. The van der Waals surface area contributed by atoms with E-state index in [9.17, 15) is 4.79 Å². The molecule has 0 saturated carbocycles. The smallest absolute Gasteiger partial charge is 0.317 e. The van der Waals surface area contributed by atoms with Gasteiger partial charge in [0.15, 0.2) is 0 Å². The van der Waals surface area contributed by atoms with Crippen molar-refractivity contribution in [1.29, 1.82) is 0 Å².